The summed E-state index contributed by atoms with van der Waals surface area (Å²) in [7, 11) is 0. The zero-order valence-corrected chi connectivity index (χ0v) is 10.6. The highest BCUT2D eigenvalue weighted by atomic mass is 16.3. The zero-order chi connectivity index (χ0) is 12.1. The van der Waals surface area contributed by atoms with Crippen LogP contribution in [-0.4, -0.2) is 17.7 Å². The third kappa shape index (κ3) is 3.55. The summed E-state index contributed by atoms with van der Waals surface area (Å²) in [5, 5.41) is 13.6. The smallest absolute Gasteiger partial charge is 0.0914 e. The molecule has 0 amide bonds. The van der Waals surface area contributed by atoms with E-state index in [0.717, 1.165) is 11.5 Å². The Kier molecular flexibility index (Phi) is 4.57. The van der Waals surface area contributed by atoms with Crippen molar-refractivity contribution in [2.75, 3.05) is 6.54 Å². The molecule has 1 fully saturated rings. The first-order chi connectivity index (χ1) is 8.27. The molecule has 1 aromatic carbocycles. The van der Waals surface area contributed by atoms with Crippen molar-refractivity contribution >= 4 is 0 Å². The van der Waals surface area contributed by atoms with Gasteiger partial charge in [-0.1, -0.05) is 50.1 Å². The minimum atomic E-state index is -0.384. The number of hydrogen-bond donors (Lipinski definition) is 2. The number of aliphatic hydroxyl groups is 1. The van der Waals surface area contributed by atoms with Crippen LogP contribution in [-0.2, 0) is 0 Å². The lowest BCUT2D eigenvalue weighted by Gasteiger charge is -2.30. The molecular formula is C15H23NO. The molecule has 2 N–H and O–H groups in total. The van der Waals surface area contributed by atoms with E-state index in [4.69, 9.17) is 0 Å². The second-order valence-corrected chi connectivity index (χ2v) is 5.20. The summed E-state index contributed by atoms with van der Waals surface area (Å²) in [4.78, 5) is 0. The van der Waals surface area contributed by atoms with E-state index in [1.807, 2.05) is 30.3 Å². The summed E-state index contributed by atoms with van der Waals surface area (Å²) in [5.41, 5.74) is 1.00. The molecule has 17 heavy (non-hydrogen) atoms. The fourth-order valence-corrected chi connectivity index (χ4v) is 2.68. The molecule has 0 bridgehead atoms. The lowest BCUT2D eigenvalue weighted by atomic mass is 9.86. The van der Waals surface area contributed by atoms with Gasteiger partial charge in [0.2, 0.25) is 0 Å². The van der Waals surface area contributed by atoms with Gasteiger partial charge in [-0.2, -0.15) is 0 Å². The first-order valence-corrected chi connectivity index (χ1v) is 6.74. The summed E-state index contributed by atoms with van der Waals surface area (Å²) in [6.07, 6.45) is 4.87. The molecule has 1 aromatic rings. The summed E-state index contributed by atoms with van der Waals surface area (Å²) in [6, 6.07) is 10.5. The van der Waals surface area contributed by atoms with Crippen LogP contribution in [0.25, 0.3) is 0 Å². The van der Waals surface area contributed by atoms with Gasteiger partial charge in [-0.05, 0) is 24.3 Å². The maximum Gasteiger partial charge on any atom is 0.0914 e. The van der Waals surface area contributed by atoms with Crippen LogP contribution in [0.1, 0.15) is 44.3 Å². The molecule has 0 heterocycles. The molecule has 1 aliphatic rings. The first kappa shape index (κ1) is 12.6. The maximum atomic E-state index is 10.1. The maximum absolute atomic E-state index is 10.1. The normalized spacial score (nSPS) is 26.7. The molecule has 2 rings (SSSR count). The van der Waals surface area contributed by atoms with Gasteiger partial charge in [0, 0.05) is 12.6 Å². The second-order valence-electron chi connectivity index (χ2n) is 5.20. The molecule has 0 saturated heterocycles. The van der Waals surface area contributed by atoms with E-state index in [1.54, 1.807) is 0 Å². The third-order valence-electron chi connectivity index (χ3n) is 3.87. The summed E-state index contributed by atoms with van der Waals surface area (Å²) < 4.78 is 0. The van der Waals surface area contributed by atoms with Crippen LogP contribution in [0, 0.1) is 5.92 Å². The summed E-state index contributed by atoms with van der Waals surface area (Å²) in [5.74, 6) is 0.742. The fraction of sp³-hybridized carbons (Fsp3) is 0.600. The Morgan fingerprint density at radius 3 is 2.65 bits per heavy atom. The Morgan fingerprint density at radius 2 is 1.94 bits per heavy atom. The van der Waals surface area contributed by atoms with Gasteiger partial charge >= 0.3 is 0 Å². The molecule has 0 aromatic heterocycles. The minimum absolute atomic E-state index is 0.384. The highest BCUT2D eigenvalue weighted by Crippen LogP contribution is 2.24. The first-order valence-electron chi connectivity index (χ1n) is 6.74. The van der Waals surface area contributed by atoms with Crippen molar-refractivity contribution in [3.8, 4) is 0 Å². The van der Waals surface area contributed by atoms with Crippen LogP contribution in [0.3, 0.4) is 0 Å². The van der Waals surface area contributed by atoms with Crippen molar-refractivity contribution in [1.82, 2.24) is 5.32 Å². The van der Waals surface area contributed by atoms with E-state index in [9.17, 15) is 5.11 Å². The van der Waals surface area contributed by atoms with E-state index in [2.05, 4.69) is 12.2 Å². The Balaban J connectivity index is 1.81. The molecule has 0 unspecified atom stereocenters. The van der Waals surface area contributed by atoms with Gasteiger partial charge < -0.3 is 10.4 Å². The molecule has 2 heteroatoms. The highest BCUT2D eigenvalue weighted by Gasteiger charge is 2.21. The molecule has 3 atom stereocenters. The Morgan fingerprint density at radius 1 is 1.24 bits per heavy atom. The SMILES string of the molecule is C[C@@H]1CCCC[C@H]1NC[C@H](O)c1ccccc1. The van der Waals surface area contributed by atoms with Crippen LogP contribution in [0.5, 0.6) is 0 Å². The lowest BCUT2D eigenvalue weighted by Crippen LogP contribution is -2.39. The molecule has 0 aliphatic heterocycles. The van der Waals surface area contributed by atoms with E-state index in [0.29, 0.717) is 12.6 Å². The summed E-state index contributed by atoms with van der Waals surface area (Å²) >= 11 is 0. The second kappa shape index (κ2) is 6.18. The van der Waals surface area contributed by atoms with Gasteiger partial charge in [-0.15, -0.1) is 0 Å². The van der Waals surface area contributed by atoms with E-state index >= 15 is 0 Å². The fourth-order valence-electron chi connectivity index (χ4n) is 2.68. The number of benzene rings is 1. The van der Waals surface area contributed by atoms with Gasteiger partial charge in [0.25, 0.3) is 0 Å². The lowest BCUT2D eigenvalue weighted by molar-refractivity contribution is 0.157. The molecule has 0 radical (unpaired) electrons. The van der Waals surface area contributed by atoms with Gasteiger partial charge in [0.05, 0.1) is 6.10 Å². The number of hydrogen-bond acceptors (Lipinski definition) is 2. The van der Waals surface area contributed by atoms with Crippen molar-refractivity contribution in [2.24, 2.45) is 5.92 Å². The highest BCUT2D eigenvalue weighted by molar-refractivity contribution is 5.17. The van der Waals surface area contributed by atoms with Crippen molar-refractivity contribution in [2.45, 2.75) is 44.8 Å². The Labute approximate surface area is 104 Å². The Hall–Kier alpha value is -0.860. The average molecular weight is 233 g/mol. The molecular weight excluding hydrogens is 210 g/mol. The van der Waals surface area contributed by atoms with Crippen LogP contribution in [0.4, 0.5) is 0 Å². The molecule has 1 saturated carbocycles. The predicted molar refractivity (Wildman–Crippen MR) is 70.8 cm³/mol. The molecule has 2 nitrogen and oxygen atoms in total. The van der Waals surface area contributed by atoms with Gasteiger partial charge in [0.1, 0.15) is 0 Å². The minimum Gasteiger partial charge on any atom is -0.387 e. The van der Waals surface area contributed by atoms with Crippen LogP contribution in [0.2, 0.25) is 0 Å². The third-order valence-corrected chi connectivity index (χ3v) is 3.87. The van der Waals surface area contributed by atoms with Gasteiger partial charge in [-0.3, -0.25) is 0 Å². The average Bonchev–Trinajstić information content (AvgIpc) is 2.38. The summed E-state index contributed by atoms with van der Waals surface area (Å²) in [6.45, 7) is 2.98. The number of aliphatic hydroxyl groups excluding tert-OH is 1. The van der Waals surface area contributed by atoms with Gasteiger partial charge in [-0.25, -0.2) is 0 Å². The Bertz CT molecular complexity index is 325. The zero-order valence-electron chi connectivity index (χ0n) is 10.6. The number of nitrogens with one attached hydrogen (secondary N) is 1. The molecule has 1 aliphatic carbocycles. The van der Waals surface area contributed by atoms with Crippen molar-refractivity contribution in [3.63, 3.8) is 0 Å². The topological polar surface area (TPSA) is 32.3 Å². The van der Waals surface area contributed by atoms with E-state index in [-0.39, 0.29) is 6.10 Å². The van der Waals surface area contributed by atoms with Crippen molar-refractivity contribution < 1.29 is 5.11 Å². The van der Waals surface area contributed by atoms with Crippen molar-refractivity contribution in [3.05, 3.63) is 35.9 Å². The van der Waals surface area contributed by atoms with Crippen LogP contribution < -0.4 is 5.32 Å². The van der Waals surface area contributed by atoms with E-state index in [1.165, 1.54) is 25.7 Å². The largest absolute Gasteiger partial charge is 0.387 e. The van der Waals surface area contributed by atoms with Crippen molar-refractivity contribution in [1.29, 1.82) is 0 Å². The number of rotatable bonds is 4. The van der Waals surface area contributed by atoms with Crippen LogP contribution >= 0.6 is 0 Å². The van der Waals surface area contributed by atoms with E-state index < -0.39 is 0 Å². The predicted octanol–water partition coefficient (Wildman–Crippen LogP) is 2.89. The monoisotopic (exact) mass is 233 g/mol. The van der Waals surface area contributed by atoms with Crippen LogP contribution in [0.15, 0.2) is 30.3 Å². The van der Waals surface area contributed by atoms with Gasteiger partial charge in [0.15, 0.2) is 0 Å². The standard InChI is InChI=1S/C15H23NO/c1-12-7-5-6-10-14(12)16-11-15(17)13-8-3-2-4-9-13/h2-4,8-9,12,14-17H,5-7,10-11H2,1H3/t12-,14-,15+/m1/s1. The quantitative estimate of drug-likeness (QED) is 0.838. The molecule has 0 spiro atoms. The molecule has 94 valence electrons.